The van der Waals surface area contributed by atoms with E-state index in [2.05, 4.69) is 59.4 Å². The molecule has 2 nitrogen and oxygen atoms in total. The Kier molecular flexibility index (Phi) is 7.21. The summed E-state index contributed by atoms with van der Waals surface area (Å²) < 4.78 is 7.60. The van der Waals surface area contributed by atoms with Gasteiger partial charge in [-0.05, 0) is 43.0 Å². The van der Waals surface area contributed by atoms with Gasteiger partial charge in [0.25, 0.3) is 0 Å². The van der Waals surface area contributed by atoms with Crippen LogP contribution in [0.1, 0.15) is 57.6 Å². The first-order valence-electron chi connectivity index (χ1n) is 8.34. The molecule has 0 aliphatic heterocycles. The minimum absolute atomic E-state index is 0.165. The van der Waals surface area contributed by atoms with Crippen LogP contribution in [0.25, 0.3) is 0 Å². The van der Waals surface area contributed by atoms with Crippen LogP contribution in [-0.2, 0) is 4.74 Å². The third kappa shape index (κ3) is 5.39. The maximum atomic E-state index is 6.47. The van der Waals surface area contributed by atoms with Crippen LogP contribution >= 0.6 is 15.9 Å². The predicted molar refractivity (Wildman–Crippen MR) is 92.5 cm³/mol. The van der Waals surface area contributed by atoms with E-state index in [1.807, 2.05) is 0 Å². The van der Waals surface area contributed by atoms with Gasteiger partial charge >= 0.3 is 0 Å². The zero-order valence-corrected chi connectivity index (χ0v) is 14.9. The van der Waals surface area contributed by atoms with E-state index in [0.29, 0.717) is 6.10 Å². The molecular weight excluding hydrogens is 326 g/mol. The van der Waals surface area contributed by atoms with Crippen molar-refractivity contribution >= 4 is 15.9 Å². The van der Waals surface area contributed by atoms with E-state index in [9.17, 15) is 0 Å². The van der Waals surface area contributed by atoms with Gasteiger partial charge in [-0.1, -0.05) is 61.2 Å². The van der Waals surface area contributed by atoms with E-state index in [1.165, 1.54) is 37.7 Å². The summed E-state index contributed by atoms with van der Waals surface area (Å²) in [5.41, 5.74) is 1.28. The topological polar surface area (TPSA) is 21.3 Å². The molecular formula is C18H28BrNO. The maximum absolute atomic E-state index is 6.47. The monoisotopic (exact) mass is 353 g/mol. The van der Waals surface area contributed by atoms with Crippen LogP contribution in [0, 0.1) is 5.92 Å². The molecule has 1 aliphatic rings. The molecule has 0 bridgehead atoms. The van der Waals surface area contributed by atoms with Crippen LogP contribution in [0.3, 0.4) is 0 Å². The predicted octanol–water partition coefficient (Wildman–Crippen LogP) is 5.09. The number of likely N-dealkylation sites (N-methyl/N-ethyl adjacent to an activating group) is 1. The van der Waals surface area contributed by atoms with Gasteiger partial charge in [-0.3, -0.25) is 0 Å². The Bertz CT molecular complexity index is 406. The van der Waals surface area contributed by atoms with Crippen LogP contribution in [-0.4, -0.2) is 19.2 Å². The molecule has 0 saturated heterocycles. The molecule has 0 aromatic heterocycles. The van der Waals surface area contributed by atoms with Crippen LogP contribution in [0.2, 0.25) is 0 Å². The Balaban J connectivity index is 2.00. The van der Waals surface area contributed by atoms with Crippen molar-refractivity contribution in [1.82, 2.24) is 5.32 Å². The summed E-state index contributed by atoms with van der Waals surface area (Å²) in [6.45, 7) is 6.33. The molecule has 0 heterocycles. The van der Waals surface area contributed by atoms with Gasteiger partial charge in [-0.2, -0.15) is 0 Å². The molecule has 118 valence electrons. The molecule has 3 atom stereocenters. The lowest BCUT2D eigenvalue weighted by atomic mass is 9.85. The lowest BCUT2D eigenvalue weighted by molar-refractivity contribution is -0.0413. The third-order valence-corrected chi connectivity index (χ3v) is 5.02. The number of rotatable bonds is 7. The highest BCUT2D eigenvalue weighted by Gasteiger charge is 2.24. The van der Waals surface area contributed by atoms with Crippen LogP contribution in [0.5, 0.6) is 0 Å². The van der Waals surface area contributed by atoms with Crippen LogP contribution < -0.4 is 5.32 Å². The smallest absolute Gasteiger partial charge is 0.0952 e. The number of ether oxygens (including phenoxy) is 1. The lowest BCUT2D eigenvalue weighted by Gasteiger charge is -2.32. The second-order valence-corrected chi connectivity index (χ2v) is 6.96. The average molecular weight is 354 g/mol. The number of hydrogen-bond donors (Lipinski definition) is 1. The van der Waals surface area contributed by atoms with Gasteiger partial charge < -0.3 is 10.1 Å². The van der Waals surface area contributed by atoms with Crippen molar-refractivity contribution in [3.8, 4) is 0 Å². The number of halogens is 1. The second-order valence-electron chi connectivity index (χ2n) is 6.05. The van der Waals surface area contributed by atoms with Crippen molar-refractivity contribution in [2.24, 2.45) is 5.92 Å². The fourth-order valence-corrected chi connectivity index (χ4v) is 3.43. The van der Waals surface area contributed by atoms with E-state index >= 15 is 0 Å². The highest BCUT2D eigenvalue weighted by Crippen LogP contribution is 2.32. The molecule has 2 rings (SSSR count). The molecule has 1 aliphatic carbocycles. The van der Waals surface area contributed by atoms with E-state index in [1.54, 1.807) is 0 Å². The molecule has 0 spiro atoms. The van der Waals surface area contributed by atoms with Crippen molar-refractivity contribution in [1.29, 1.82) is 0 Å². The molecule has 0 radical (unpaired) electrons. The highest BCUT2D eigenvalue weighted by molar-refractivity contribution is 9.10. The first-order valence-corrected chi connectivity index (χ1v) is 9.13. The number of benzene rings is 1. The molecule has 1 fully saturated rings. The molecule has 1 aromatic carbocycles. The molecule has 1 saturated carbocycles. The normalized spacial score (nSPS) is 24.0. The Morgan fingerprint density at radius 1 is 1.24 bits per heavy atom. The van der Waals surface area contributed by atoms with Gasteiger partial charge in [-0.25, -0.2) is 0 Å². The van der Waals surface area contributed by atoms with Gasteiger partial charge in [0.1, 0.15) is 0 Å². The Morgan fingerprint density at radius 3 is 2.67 bits per heavy atom. The summed E-state index contributed by atoms with van der Waals surface area (Å²) in [5.74, 6) is 0.855. The van der Waals surface area contributed by atoms with Gasteiger partial charge in [0.2, 0.25) is 0 Å². The van der Waals surface area contributed by atoms with E-state index < -0.39 is 0 Å². The summed E-state index contributed by atoms with van der Waals surface area (Å²) in [4.78, 5) is 0. The first kappa shape index (κ1) is 17.0. The summed E-state index contributed by atoms with van der Waals surface area (Å²) in [5, 5.41) is 3.44. The molecule has 3 unspecified atom stereocenters. The summed E-state index contributed by atoms with van der Waals surface area (Å²) >= 11 is 3.51. The van der Waals surface area contributed by atoms with Crippen molar-refractivity contribution < 1.29 is 4.74 Å². The largest absolute Gasteiger partial charge is 0.369 e. The van der Waals surface area contributed by atoms with Crippen molar-refractivity contribution in [2.75, 3.05) is 13.1 Å². The quantitative estimate of drug-likeness (QED) is 0.737. The van der Waals surface area contributed by atoms with Crippen LogP contribution in [0.15, 0.2) is 28.7 Å². The van der Waals surface area contributed by atoms with Crippen molar-refractivity contribution in [3.63, 3.8) is 0 Å². The fourth-order valence-electron chi connectivity index (χ4n) is 3.17. The number of hydrogen-bond acceptors (Lipinski definition) is 2. The van der Waals surface area contributed by atoms with E-state index in [0.717, 1.165) is 23.5 Å². The van der Waals surface area contributed by atoms with Gasteiger partial charge in [-0.15, -0.1) is 0 Å². The zero-order chi connectivity index (χ0) is 15.1. The van der Waals surface area contributed by atoms with Gasteiger partial charge in [0.05, 0.1) is 12.2 Å². The zero-order valence-electron chi connectivity index (χ0n) is 13.3. The minimum Gasteiger partial charge on any atom is -0.369 e. The fraction of sp³-hybridized carbons (Fsp3) is 0.667. The summed E-state index contributed by atoms with van der Waals surface area (Å²) in [7, 11) is 0. The SMILES string of the molecule is CCNCC(OC1CCCC(CC)C1)c1ccc(Br)cc1. The molecule has 1 aromatic rings. The third-order valence-electron chi connectivity index (χ3n) is 4.49. The minimum atomic E-state index is 0.165. The van der Waals surface area contributed by atoms with E-state index in [-0.39, 0.29) is 6.10 Å². The lowest BCUT2D eigenvalue weighted by Crippen LogP contribution is -2.29. The summed E-state index contributed by atoms with van der Waals surface area (Å²) in [6.07, 6.45) is 7.03. The molecule has 3 heteroatoms. The first-order chi connectivity index (χ1) is 10.2. The standard InChI is InChI=1S/C18H28BrNO/c1-3-14-6-5-7-17(12-14)21-18(13-20-4-2)15-8-10-16(19)11-9-15/h8-11,14,17-18,20H,3-7,12-13H2,1-2H3. The summed E-state index contributed by atoms with van der Waals surface area (Å²) in [6, 6.07) is 8.55. The average Bonchev–Trinajstić information content (AvgIpc) is 2.52. The molecule has 1 N–H and O–H groups in total. The highest BCUT2D eigenvalue weighted by atomic mass is 79.9. The van der Waals surface area contributed by atoms with Crippen LogP contribution in [0.4, 0.5) is 0 Å². The number of nitrogens with one attached hydrogen (secondary N) is 1. The molecule has 21 heavy (non-hydrogen) atoms. The second kappa shape index (κ2) is 8.92. The Hall–Kier alpha value is -0.380. The molecule has 0 amide bonds. The van der Waals surface area contributed by atoms with Gasteiger partial charge in [0, 0.05) is 11.0 Å². The van der Waals surface area contributed by atoms with Gasteiger partial charge in [0.15, 0.2) is 0 Å². The maximum Gasteiger partial charge on any atom is 0.0952 e. The Labute approximate surface area is 137 Å². The van der Waals surface area contributed by atoms with E-state index in [4.69, 9.17) is 4.74 Å². The van der Waals surface area contributed by atoms with Crippen molar-refractivity contribution in [3.05, 3.63) is 34.3 Å². The Morgan fingerprint density at radius 2 is 2.00 bits per heavy atom. The van der Waals surface area contributed by atoms with Crippen molar-refractivity contribution in [2.45, 2.75) is 58.2 Å².